The van der Waals surface area contributed by atoms with Gasteiger partial charge in [-0.15, -0.1) is 0 Å². The van der Waals surface area contributed by atoms with Crippen LogP contribution in [0.4, 0.5) is 17.1 Å². The van der Waals surface area contributed by atoms with E-state index >= 15 is 0 Å². The van der Waals surface area contributed by atoms with Gasteiger partial charge in [-0.25, -0.2) is 0 Å². The molecule has 0 N–H and O–H groups in total. The molecule has 1 aliphatic rings. The Bertz CT molecular complexity index is 2220. The van der Waals surface area contributed by atoms with Crippen LogP contribution >= 0.6 is 0 Å². The highest BCUT2D eigenvalue weighted by atomic mass is 15.1. The summed E-state index contributed by atoms with van der Waals surface area (Å²) in [6.07, 6.45) is 7.01. The minimum absolute atomic E-state index is 1.13. The lowest BCUT2D eigenvalue weighted by Gasteiger charge is -2.26. The van der Waals surface area contributed by atoms with Gasteiger partial charge in [-0.2, -0.15) is 0 Å². The topological polar surface area (TPSA) is 8.17 Å². The summed E-state index contributed by atoms with van der Waals surface area (Å²) in [5.74, 6) is 0. The van der Waals surface area contributed by atoms with E-state index in [4.69, 9.17) is 0 Å². The fourth-order valence-corrected chi connectivity index (χ4v) is 6.57. The maximum Gasteiger partial charge on any atom is 0.0494 e. The lowest BCUT2D eigenvalue weighted by atomic mass is 9.99. The zero-order chi connectivity index (χ0) is 28.8. The van der Waals surface area contributed by atoms with Crippen LogP contribution in [0.5, 0.6) is 0 Å². The second kappa shape index (κ2) is 10.5. The number of hydrogen-bond donors (Lipinski definition) is 0. The second-order valence-electron chi connectivity index (χ2n) is 11.4. The highest BCUT2D eigenvalue weighted by Crippen LogP contribution is 2.37. The molecule has 0 unspecified atom stereocenters. The van der Waals surface area contributed by atoms with Crippen molar-refractivity contribution in [2.45, 2.75) is 12.8 Å². The first-order chi connectivity index (χ1) is 21.2. The number of anilines is 3. The third kappa shape index (κ3) is 4.52. The predicted octanol–water partition coefficient (Wildman–Crippen LogP) is 9.49. The van der Waals surface area contributed by atoms with Crippen LogP contribution in [-0.4, -0.2) is 4.57 Å². The molecule has 0 saturated heterocycles. The number of aromatic nitrogens is 1. The molecule has 0 amide bonds. The molecule has 0 aliphatic heterocycles. The van der Waals surface area contributed by atoms with Crippen molar-refractivity contribution in [2.75, 3.05) is 4.90 Å². The molecule has 1 aliphatic carbocycles. The Hall–Kier alpha value is -5.34. The summed E-state index contributed by atoms with van der Waals surface area (Å²) in [5.41, 5.74) is 9.63. The Kier molecular flexibility index (Phi) is 6.19. The average molecular weight is 553 g/mol. The van der Waals surface area contributed by atoms with Crippen molar-refractivity contribution in [1.82, 2.24) is 4.57 Å². The maximum absolute atomic E-state index is 2.39. The minimum atomic E-state index is 1.13. The van der Waals surface area contributed by atoms with Crippen LogP contribution in [0.1, 0.15) is 12.8 Å². The van der Waals surface area contributed by atoms with Crippen LogP contribution in [-0.2, 0) is 7.05 Å². The van der Waals surface area contributed by atoms with Crippen LogP contribution in [0.2, 0.25) is 0 Å². The van der Waals surface area contributed by atoms with Gasteiger partial charge in [0.25, 0.3) is 0 Å². The van der Waals surface area contributed by atoms with E-state index in [0.29, 0.717) is 0 Å². The lowest BCUT2D eigenvalue weighted by Crippen LogP contribution is -2.29. The summed E-state index contributed by atoms with van der Waals surface area (Å²) in [7, 11) is 2.19. The summed E-state index contributed by atoms with van der Waals surface area (Å²) in [5, 5.41) is 6.57. The summed E-state index contributed by atoms with van der Waals surface area (Å²) < 4.78 is 2.34. The summed E-state index contributed by atoms with van der Waals surface area (Å²) >= 11 is 0. The SMILES string of the molecule is Cn1c2c(c3ccc(-c4ccc(-c5ccc(N(c6ccccc6)c6ccc7ccccc7c6)cc5)cc4)cc31)=CCCC=2. The van der Waals surface area contributed by atoms with Crippen molar-refractivity contribution in [3.63, 3.8) is 0 Å². The number of fused-ring (bicyclic) bond motifs is 4. The zero-order valence-electron chi connectivity index (χ0n) is 24.2. The first-order valence-corrected chi connectivity index (χ1v) is 15.1. The van der Waals surface area contributed by atoms with Crippen molar-refractivity contribution in [2.24, 2.45) is 7.05 Å². The summed E-state index contributed by atoms with van der Waals surface area (Å²) in [4.78, 5) is 2.33. The number of benzene rings is 6. The van der Waals surface area contributed by atoms with Gasteiger partial charge in [0.2, 0.25) is 0 Å². The maximum atomic E-state index is 2.39. The third-order valence-electron chi connectivity index (χ3n) is 8.82. The summed E-state index contributed by atoms with van der Waals surface area (Å²) in [6.45, 7) is 0. The Morgan fingerprint density at radius 3 is 1.84 bits per heavy atom. The van der Waals surface area contributed by atoms with E-state index in [1.165, 1.54) is 54.5 Å². The standard InChI is InChI=1S/C41H32N2/c1-42-40-14-8-7-13-38(40)39-26-22-34(28-41(39)42)32-17-15-30(16-18-32)31-19-23-36(24-20-31)43(35-11-3-2-4-12-35)37-25-21-29-9-5-6-10-33(29)27-37/h2-6,9-28H,7-8H2,1H3. The molecule has 43 heavy (non-hydrogen) atoms. The largest absolute Gasteiger partial charge is 0.344 e. The van der Waals surface area contributed by atoms with Crippen LogP contribution < -0.4 is 15.5 Å². The van der Waals surface area contributed by atoms with Crippen molar-refractivity contribution in [3.05, 3.63) is 150 Å². The number of rotatable bonds is 5. The van der Waals surface area contributed by atoms with Gasteiger partial charge in [-0.05, 0) is 88.3 Å². The fraction of sp³-hybridized carbons (Fsp3) is 0.0732. The van der Waals surface area contributed by atoms with E-state index < -0.39 is 0 Å². The van der Waals surface area contributed by atoms with Gasteiger partial charge in [0.05, 0.1) is 0 Å². The van der Waals surface area contributed by atoms with Gasteiger partial charge in [0.1, 0.15) is 0 Å². The van der Waals surface area contributed by atoms with E-state index in [1.807, 2.05) is 0 Å². The molecule has 2 heteroatoms. The number of aryl methyl sites for hydroxylation is 1. The average Bonchev–Trinajstić information content (AvgIpc) is 3.37. The molecule has 0 atom stereocenters. The third-order valence-corrected chi connectivity index (χ3v) is 8.82. The smallest absolute Gasteiger partial charge is 0.0494 e. The minimum Gasteiger partial charge on any atom is -0.344 e. The van der Waals surface area contributed by atoms with Gasteiger partial charge in [0.15, 0.2) is 0 Å². The highest BCUT2D eigenvalue weighted by molar-refractivity contribution is 5.90. The van der Waals surface area contributed by atoms with Crippen molar-refractivity contribution in [3.8, 4) is 22.3 Å². The van der Waals surface area contributed by atoms with E-state index in [-0.39, 0.29) is 0 Å². The van der Waals surface area contributed by atoms with Gasteiger partial charge in [0, 0.05) is 45.6 Å². The van der Waals surface area contributed by atoms with Gasteiger partial charge < -0.3 is 9.47 Å². The molecule has 0 fully saturated rings. The van der Waals surface area contributed by atoms with Crippen LogP contribution in [0.25, 0.3) is 56.1 Å². The van der Waals surface area contributed by atoms with E-state index in [0.717, 1.165) is 29.9 Å². The van der Waals surface area contributed by atoms with Crippen molar-refractivity contribution >= 4 is 50.9 Å². The molecular weight excluding hydrogens is 520 g/mol. The van der Waals surface area contributed by atoms with Gasteiger partial charge >= 0.3 is 0 Å². The first kappa shape index (κ1) is 25.4. The van der Waals surface area contributed by atoms with E-state index in [2.05, 4.69) is 168 Å². The number of nitrogens with zero attached hydrogens (tertiary/aromatic N) is 2. The Morgan fingerprint density at radius 2 is 1.07 bits per heavy atom. The van der Waals surface area contributed by atoms with Crippen LogP contribution in [0.3, 0.4) is 0 Å². The molecule has 0 bridgehead atoms. The highest BCUT2D eigenvalue weighted by Gasteiger charge is 2.14. The molecular formula is C41H32N2. The van der Waals surface area contributed by atoms with Crippen LogP contribution in [0.15, 0.2) is 140 Å². The Labute approximate surface area is 252 Å². The molecule has 0 radical (unpaired) electrons. The molecule has 206 valence electrons. The first-order valence-electron chi connectivity index (χ1n) is 15.1. The molecule has 1 aromatic heterocycles. The second-order valence-corrected chi connectivity index (χ2v) is 11.4. The monoisotopic (exact) mass is 552 g/mol. The molecule has 6 aromatic carbocycles. The Balaban J connectivity index is 1.11. The number of para-hydroxylation sites is 1. The van der Waals surface area contributed by atoms with E-state index in [9.17, 15) is 0 Å². The molecule has 7 aromatic rings. The normalized spacial score (nSPS) is 12.5. The fourth-order valence-electron chi connectivity index (χ4n) is 6.57. The molecule has 0 saturated carbocycles. The zero-order valence-corrected chi connectivity index (χ0v) is 24.2. The van der Waals surface area contributed by atoms with Crippen molar-refractivity contribution < 1.29 is 0 Å². The molecule has 0 spiro atoms. The predicted molar refractivity (Wildman–Crippen MR) is 183 cm³/mol. The Morgan fingerprint density at radius 1 is 0.488 bits per heavy atom. The number of hydrogen-bond acceptors (Lipinski definition) is 1. The molecule has 2 nitrogen and oxygen atoms in total. The van der Waals surface area contributed by atoms with Crippen molar-refractivity contribution in [1.29, 1.82) is 0 Å². The van der Waals surface area contributed by atoms with Gasteiger partial charge in [-0.1, -0.05) is 109 Å². The molecule has 8 rings (SSSR count). The molecule has 1 heterocycles. The van der Waals surface area contributed by atoms with Gasteiger partial charge in [-0.3, -0.25) is 0 Å². The van der Waals surface area contributed by atoms with Crippen LogP contribution in [0, 0.1) is 0 Å². The van der Waals surface area contributed by atoms with E-state index in [1.54, 1.807) is 0 Å². The quantitative estimate of drug-likeness (QED) is 0.206. The lowest BCUT2D eigenvalue weighted by molar-refractivity contribution is 0.910. The summed E-state index contributed by atoms with van der Waals surface area (Å²) in [6, 6.07) is 50.6.